The van der Waals surface area contributed by atoms with Crippen LogP contribution in [-0.4, -0.2) is 49.6 Å². The molecule has 13 heteroatoms. The predicted octanol–water partition coefficient (Wildman–Crippen LogP) is 12.7. The zero-order valence-electron chi connectivity index (χ0n) is 35.0. The van der Waals surface area contributed by atoms with Gasteiger partial charge in [-0.1, -0.05) is 19.6 Å². The third kappa shape index (κ3) is 11.1. The minimum absolute atomic E-state index is 0. The van der Waals surface area contributed by atoms with Gasteiger partial charge in [0.05, 0.1) is 60.2 Å². The van der Waals surface area contributed by atoms with E-state index in [1.807, 2.05) is 62.4 Å². The van der Waals surface area contributed by atoms with Gasteiger partial charge in [-0.3, -0.25) is 9.59 Å². The molecule has 2 heterocycles. The Hall–Kier alpha value is -6.47. The number of carbonyl (C=O) groups is 2. The number of halogens is 1. The highest BCUT2D eigenvalue weighted by molar-refractivity contribution is 7.22. The molecule has 1 amide bonds. The molecule has 0 bridgehead atoms. The van der Waals surface area contributed by atoms with E-state index < -0.39 is 5.24 Å². The SMILES string of the molecule is C.COc1cc(-c2nc3ccc(C)cc3s2)ccc1N.COc1ccc(C(=O)Cl)c(C)c1.COc1ccc(C(=O)Nc2ccc(-c3nc4ccc(C)cc4s3)cc2OC)c(C)c1. The number of methoxy groups -OCH3 is 4. The van der Waals surface area contributed by atoms with Crippen LogP contribution in [0.25, 0.3) is 41.6 Å². The molecule has 320 valence electrons. The number of aryl methyl sites for hydroxylation is 4. The number of nitrogen functional groups attached to an aromatic ring is 1. The molecule has 2 aromatic heterocycles. The molecule has 0 aliphatic rings. The van der Waals surface area contributed by atoms with E-state index in [2.05, 4.69) is 54.5 Å². The predicted molar refractivity (Wildman–Crippen MR) is 257 cm³/mol. The lowest BCUT2D eigenvalue weighted by atomic mass is 10.1. The minimum atomic E-state index is -0.435. The number of nitrogens with one attached hydrogen (secondary N) is 1. The van der Waals surface area contributed by atoms with Crippen LogP contribution in [0.3, 0.4) is 0 Å². The molecule has 0 atom stereocenters. The van der Waals surface area contributed by atoms with Crippen molar-refractivity contribution in [2.75, 3.05) is 39.5 Å². The van der Waals surface area contributed by atoms with Gasteiger partial charge in [0.1, 0.15) is 33.0 Å². The van der Waals surface area contributed by atoms with Crippen LogP contribution < -0.4 is 30.0 Å². The summed E-state index contributed by atoms with van der Waals surface area (Å²) in [6.45, 7) is 7.86. The lowest BCUT2D eigenvalue weighted by Crippen LogP contribution is -2.14. The second-order valence-corrected chi connectivity index (χ2v) is 16.3. The molecular formula is C49H49ClN4O6S2. The van der Waals surface area contributed by atoms with Gasteiger partial charge in [-0.2, -0.15) is 0 Å². The highest BCUT2D eigenvalue weighted by Gasteiger charge is 2.16. The van der Waals surface area contributed by atoms with Crippen LogP contribution in [0.5, 0.6) is 23.0 Å². The first-order valence-corrected chi connectivity index (χ1v) is 21.0. The van der Waals surface area contributed by atoms with Crippen molar-refractivity contribution in [2.45, 2.75) is 35.1 Å². The summed E-state index contributed by atoms with van der Waals surface area (Å²) in [5, 5.41) is 4.41. The van der Waals surface area contributed by atoms with E-state index in [-0.39, 0.29) is 13.3 Å². The molecule has 0 spiro atoms. The third-order valence-corrected chi connectivity index (χ3v) is 11.9. The van der Waals surface area contributed by atoms with E-state index in [0.29, 0.717) is 34.0 Å². The molecule has 0 saturated heterocycles. The Morgan fingerprint density at radius 2 is 1.06 bits per heavy atom. The summed E-state index contributed by atoms with van der Waals surface area (Å²) in [7, 11) is 6.40. The minimum Gasteiger partial charge on any atom is -0.497 e. The van der Waals surface area contributed by atoms with Crippen molar-refractivity contribution in [3.8, 4) is 44.1 Å². The summed E-state index contributed by atoms with van der Waals surface area (Å²) in [6.07, 6.45) is 0. The Morgan fingerprint density at radius 3 is 1.53 bits per heavy atom. The number of rotatable bonds is 9. The van der Waals surface area contributed by atoms with Gasteiger partial charge in [0.25, 0.3) is 11.1 Å². The fourth-order valence-corrected chi connectivity index (χ4v) is 8.61. The van der Waals surface area contributed by atoms with Crippen LogP contribution in [0.4, 0.5) is 11.4 Å². The monoisotopic (exact) mass is 888 g/mol. The number of ether oxygens (including phenoxy) is 4. The van der Waals surface area contributed by atoms with Gasteiger partial charge in [0.15, 0.2) is 0 Å². The summed E-state index contributed by atoms with van der Waals surface area (Å²) >= 11 is 8.65. The number of hydrogen-bond acceptors (Lipinski definition) is 11. The number of benzene rings is 6. The van der Waals surface area contributed by atoms with Crippen molar-refractivity contribution in [2.24, 2.45) is 0 Å². The summed E-state index contributed by atoms with van der Waals surface area (Å²) in [6, 6.07) is 34.5. The van der Waals surface area contributed by atoms with Crippen LogP contribution in [0.15, 0.2) is 109 Å². The molecule has 0 aliphatic carbocycles. The Balaban J connectivity index is 0.000000194. The highest BCUT2D eigenvalue weighted by atomic mass is 35.5. The number of hydrogen-bond donors (Lipinski definition) is 2. The second-order valence-electron chi connectivity index (χ2n) is 13.9. The first-order chi connectivity index (χ1) is 29.3. The molecule has 8 rings (SSSR count). The quantitative estimate of drug-likeness (QED) is 0.107. The molecule has 8 aromatic rings. The third-order valence-electron chi connectivity index (χ3n) is 9.59. The largest absolute Gasteiger partial charge is 0.497 e. The number of nitrogens with zero attached hydrogens (tertiary/aromatic N) is 2. The van der Waals surface area contributed by atoms with E-state index in [0.717, 1.165) is 59.5 Å². The highest BCUT2D eigenvalue weighted by Crippen LogP contribution is 2.37. The Labute approximate surface area is 375 Å². The van der Waals surface area contributed by atoms with Crippen molar-refractivity contribution < 1.29 is 28.5 Å². The number of amides is 1. The van der Waals surface area contributed by atoms with Crippen LogP contribution in [0, 0.1) is 27.7 Å². The average Bonchev–Trinajstić information content (AvgIpc) is 3.88. The second kappa shape index (κ2) is 20.9. The molecule has 0 aliphatic heterocycles. The van der Waals surface area contributed by atoms with Gasteiger partial charge in [-0.25, -0.2) is 9.97 Å². The van der Waals surface area contributed by atoms with E-state index in [4.69, 9.17) is 41.3 Å². The van der Waals surface area contributed by atoms with Crippen LogP contribution >= 0.6 is 34.3 Å². The van der Waals surface area contributed by atoms with Crippen molar-refractivity contribution >= 4 is 77.2 Å². The normalized spacial score (nSPS) is 10.4. The van der Waals surface area contributed by atoms with Gasteiger partial charge >= 0.3 is 0 Å². The molecule has 0 fully saturated rings. The van der Waals surface area contributed by atoms with Crippen LogP contribution in [0.2, 0.25) is 0 Å². The van der Waals surface area contributed by atoms with Gasteiger partial charge in [0, 0.05) is 22.3 Å². The molecular weight excluding hydrogens is 840 g/mol. The maximum absolute atomic E-state index is 12.8. The standard InChI is InChI=1S/C24H22N2O3S.C15H14N2OS.C9H9ClO2.CH4/c1-14-5-9-20-22(11-14)30-24(26-20)16-6-10-19(21(13-16)29-4)25-23(27)18-8-7-17(28-3)12-15(18)2;1-9-3-6-12-14(7-9)19-15(17-12)10-4-5-11(16)13(8-10)18-2;1-6-5-7(12-2)3-4-8(6)9(10)11;/h5-13H,1-4H3,(H,25,27);3-8H,16H2,1-2H3;3-5H,1-2H3;1H4. The fraction of sp³-hybridized carbons (Fsp3) is 0.184. The Bertz CT molecular complexity index is 2870. The molecule has 6 aromatic carbocycles. The van der Waals surface area contributed by atoms with Crippen molar-refractivity contribution in [1.29, 1.82) is 0 Å². The molecule has 10 nitrogen and oxygen atoms in total. The van der Waals surface area contributed by atoms with Crippen molar-refractivity contribution in [1.82, 2.24) is 9.97 Å². The number of anilines is 2. The molecule has 3 N–H and O–H groups in total. The zero-order chi connectivity index (χ0) is 43.8. The summed E-state index contributed by atoms with van der Waals surface area (Å²) < 4.78 is 23.3. The van der Waals surface area contributed by atoms with E-state index in [9.17, 15) is 9.59 Å². The lowest BCUT2D eigenvalue weighted by molar-refractivity contribution is 0.102. The zero-order valence-corrected chi connectivity index (χ0v) is 37.4. The van der Waals surface area contributed by atoms with Gasteiger partial charge in [-0.05, 0) is 159 Å². The lowest BCUT2D eigenvalue weighted by Gasteiger charge is -2.13. The molecule has 0 radical (unpaired) electrons. The van der Waals surface area contributed by atoms with Crippen LogP contribution in [0.1, 0.15) is 50.4 Å². The van der Waals surface area contributed by atoms with Crippen molar-refractivity contribution in [3.63, 3.8) is 0 Å². The first-order valence-electron chi connectivity index (χ1n) is 19.0. The number of nitrogens with two attached hydrogens (primary N) is 1. The van der Waals surface area contributed by atoms with E-state index >= 15 is 0 Å². The van der Waals surface area contributed by atoms with Crippen molar-refractivity contribution in [3.05, 3.63) is 143 Å². The number of carbonyl (C=O) groups excluding carboxylic acids is 2. The van der Waals surface area contributed by atoms with Gasteiger partial charge in [0.2, 0.25) is 0 Å². The maximum atomic E-state index is 12.8. The van der Waals surface area contributed by atoms with E-state index in [1.54, 1.807) is 81.4 Å². The Morgan fingerprint density at radius 1 is 0.581 bits per heavy atom. The maximum Gasteiger partial charge on any atom is 0.256 e. The van der Waals surface area contributed by atoms with Gasteiger partial charge in [-0.15, -0.1) is 22.7 Å². The summed E-state index contributed by atoms with van der Waals surface area (Å²) in [5.74, 6) is 2.53. The fourth-order valence-electron chi connectivity index (χ4n) is 6.27. The molecule has 62 heavy (non-hydrogen) atoms. The molecule has 0 unspecified atom stereocenters. The van der Waals surface area contributed by atoms with E-state index in [1.165, 1.54) is 15.8 Å². The first kappa shape index (κ1) is 46.6. The van der Waals surface area contributed by atoms with Crippen LogP contribution in [-0.2, 0) is 0 Å². The number of fused-ring (bicyclic) bond motifs is 2. The number of thiazole rings is 2. The average molecular weight is 890 g/mol. The smallest absolute Gasteiger partial charge is 0.256 e. The summed E-state index contributed by atoms with van der Waals surface area (Å²) in [4.78, 5) is 33.0. The van der Waals surface area contributed by atoms with Gasteiger partial charge < -0.3 is 30.0 Å². The summed E-state index contributed by atoms with van der Waals surface area (Å²) in [5.41, 5.74) is 16.3. The molecule has 0 saturated carbocycles. The number of aromatic nitrogens is 2. The Kier molecular flexibility index (Phi) is 15.7. The topological polar surface area (TPSA) is 135 Å².